The van der Waals surface area contributed by atoms with Crippen LogP contribution in [0.1, 0.15) is 25.3 Å². The maximum absolute atomic E-state index is 9.31. The van der Waals surface area contributed by atoms with Crippen molar-refractivity contribution >= 4 is 0 Å². The van der Waals surface area contributed by atoms with Crippen LogP contribution in [0.5, 0.6) is 5.75 Å². The molecule has 0 aromatic heterocycles. The van der Waals surface area contributed by atoms with E-state index in [1.807, 2.05) is 19.2 Å². The number of benzene rings is 1. The second-order valence-corrected chi connectivity index (χ2v) is 4.49. The van der Waals surface area contributed by atoms with Gasteiger partial charge in [-0.1, -0.05) is 12.1 Å². The minimum Gasteiger partial charge on any atom is -0.508 e. The summed E-state index contributed by atoms with van der Waals surface area (Å²) in [4.78, 5) is 0. The SMILES string of the molecule is CNC1CCCOC1(C)c1ccc(O)cc1. The third-order valence-corrected chi connectivity index (χ3v) is 3.49. The summed E-state index contributed by atoms with van der Waals surface area (Å²) in [7, 11) is 1.97. The van der Waals surface area contributed by atoms with Crippen molar-refractivity contribution < 1.29 is 9.84 Å². The molecule has 3 heteroatoms. The maximum Gasteiger partial charge on any atom is 0.115 e. The van der Waals surface area contributed by atoms with E-state index < -0.39 is 0 Å². The Morgan fingerprint density at radius 2 is 2.06 bits per heavy atom. The number of phenolic OH excluding ortho intramolecular Hbond substituents is 1. The molecule has 3 nitrogen and oxygen atoms in total. The number of aromatic hydroxyl groups is 1. The second kappa shape index (κ2) is 4.44. The summed E-state index contributed by atoms with van der Waals surface area (Å²) in [5.74, 6) is 0.296. The van der Waals surface area contributed by atoms with Gasteiger partial charge < -0.3 is 15.2 Å². The summed E-state index contributed by atoms with van der Waals surface area (Å²) in [5, 5.41) is 12.6. The van der Waals surface area contributed by atoms with Crippen molar-refractivity contribution in [2.45, 2.75) is 31.4 Å². The molecular weight excluding hydrogens is 202 g/mol. The first-order valence-corrected chi connectivity index (χ1v) is 5.77. The average molecular weight is 221 g/mol. The fourth-order valence-electron chi connectivity index (χ4n) is 2.44. The zero-order valence-electron chi connectivity index (χ0n) is 9.86. The topological polar surface area (TPSA) is 41.5 Å². The molecule has 0 spiro atoms. The zero-order chi connectivity index (χ0) is 11.6. The molecule has 0 radical (unpaired) electrons. The molecule has 0 aliphatic carbocycles. The predicted molar refractivity (Wildman–Crippen MR) is 63.5 cm³/mol. The fraction of sp³-hybridized carbons (Fsp3) is 0.538. The van der Waals surface area contributed by atoms with Crippen molar-refractivity contribution in [3.63, 3.8) is 0 Å². The molecule has 0 saturated carbocycles. The smallest absolute Gasteiger partial charge is 0.115 e. The summed E-state index contributed by atoms with van der Waals surface area (Å²) in [5.41, 5.74) is 0.824. The lowest BCUT2D eigenvalue weighted by atomic mass is 9.83. The van der Waals surface area contributed by atoms with E-state index in [0.29, 0.717) is 11.8 Å². The lowest BCUT2D eigenvalue weighted by Gasteiger charge is -2.41. The van der Waals surface area contributed by atoms with E-state index in [4.69, 9.17) is 4.74 Å². The summed E-state index contributed by atoms with van der Waals surface area (Å²) >= 11 is 0. The van der Waals surface area contributed by atoms with Crippen LogP contribution in [0.2, 0.25) is 0 Å². The molecule has 1 heterocycles. The molecule has 2 unspecified atom stereocenters. The molecule has 1 fully saturated rings. The van der Waals surface area contributed by atoms with Gasteiger partial charge in [-0.05, 0) is 44.5 Å². The van der Waals surface area contributed by atoms with E-state index in [0.717, 1.165) is 25.0 Å². The highest BCUT2D eigenvalue weighted by atomic mass is 16.5. The molecule has 88 valence electrons. The standard InChI is InChI=1S/C13H19NO2/c1-13(10-5-7-11(15)8-6-10)12(14-2)4-3-9-16-13/h5-8,12,14-15H,3-4,9H2,1-2H3. The van der Waals surface area contributed by atoms with Crippen molar-refractivity contribution in [2.75, 3.05) is 13.7 Å². The highest BCUT2D eigenvalue weighted by Gasteiger charge is 2.38. The third-order valence-electron chi connectivity index (χ3n) is 3.49. The van der Waals surface area contributed by atoms with Crippen LogP contribution in [0.15, 0.2) is 24.3 Å². The summed E-state index contributed by atoms with van der Waals surface area (Å²) in [6, 6.07) is 7.62. The van der Waals surface area contributed by atoms with E-state index >= 15 is 0 Å². The average Bonchev–Trinajstić information content (AvgIpc) is 2.30. The van der Waals surface area contributed by atoms with Gasteiger partial charge in [0.2, 0.25) is 0 Å². The highest BCUT2D eigenvalue weighted by molar-refractivity contribution is 5.31. The molecule has 2 rings (SSSR count). The molecule has 1 aliphatic heterocycles. The minimum absolute atomic E-state index is 0.291. The second-order valence-electron chi connectivity index (χ2n) is 4.49. The first kappa shape index (κ1) is 11.4. The number of likely N-dealkylation sites (N-methyl/N-ethyl adjacent to an activating group) is 1. The molecular formula is C13H19NO2. The van der Waals surface area contributed by atoms with Gasteiger partial charge in [0, 0.05) is 12.6 Å². The van der Waals surface area contributed by atoms with E-state index in [-0.39, 0.29) is 5.60 Å². The molecule has 2 N–H and O–H groups in total. The molecule has 2 atom stereocenters. The quantitative estimate of drug-likeness (QED) is 0.802. The van der Waals surface area contributed by atoms with Gasteiger partial charge in [0.1, 0.15) is 11.4 Å². The first-order valence-electron chi connectivity index (χ1n) is 5.77. The molecule has 1 saturated heterocycles. The predicted octanol–water partition coefficient (Wildman–Crippen LogP) is 2.01. The molecule has 1 aromatic carbocycles. The van der Waals surface area contributed by atoms with E-state index in [9.17, 15) is 5.11 Å². The van der Waals surface area contributed by atoms with Crippen molar-refractivity contribution in [1.29, 1.82) is 0 Å². The Morgan fingerprint density at radius 1 is 1.38 bits per heavy atom. The maximum atomic E-state index is 9.31. The summed E-state index contributed by atoms with van der Waals surface area (Å²) in [6.07, 6.45) is 2.22. The van der Waals surface area contributed by atoms with Crippen molar-refractivity contribution in [2.24, 2.45) is 0 Å². The number of hydrogen-bond acceptors (Lipinski definition) is 3. The van der Waals surface area contributed by atoms with Gasteiger partial charge in [0.05, 0.1) is 0 Å². The van der Waals surface area contributed by atoms with Gasteiger partial charge in [0.25, 0.3) is 0 Å². The largest absolute Gasteiger partial charge is 0.508 e. The lowest BCUT2D eigenvalue weighted by molar-refractivity contribution is -0.0922. The van der Waals surface area contributed by atoms with Crippen LogP contribution in [0, 0.1) is 0 Å². The lowest BCUT2D eigenvalue weighted by Crippen LogP contribution is -2.50. The Labute approximate surface area is 96.4 Å². The van der Waals surface area contributed by atoms with Gasteiger partial charge in [-0.3, -0.25) is 0 Å². The van der Waals surface area contributed by atoms with Crippen LogP contribution in [-0.4, -0.2) is 24.8 Å². The number of ether oxygens (including phenoxy) is 1. The summed E-state index contributed by atoms with van der Waals surface area (Å²) < 4.78 is 5.95. The Hall–Kier alpha value is -1.06. The normalized spacial score (nSPS) is 30.2. The number of hydrogen-bond donors (Lipinski definition) is 2. The highest BCUT2D eigenvalue weighted by Crippen LogP contribution is 2.35. The third kappa shape index (κ3) is 1.93. The van der Waals surface area contributed by atoms with Crippen LogP contribution >= 0.6 is 0 Å². The zero-order valence-corrected chi connectivity index (χ0v) is 9.86. The van der Waals surface area contributed by atoms with E-state index in [2.05, 4.69) is 12.2 Å². The van der Waals surface area contributed by atoms with Crippen LogP contribution in [0.4, 0.5) is 0 Å². The number of nitrogens with one attached hydrogen (secondary N) is 1. The molecule has 16 heavy (non-hydrogen) atoms. The van der Waals surface area contributed by atoms with Crippen molar-refractivity contribution in [3.05, 3.63) is 29.8 Å². The summed E-state index contributed by atoms with van der Waals surface area (Å²) in [6.45, 7) is 2.91. The van der Waals surface area contributed by atoms with Crippen LogP contribution in [-0.2, 0) is 10.3 Å². The van der Waals surface area contributed by atoms with Crippen LogP contribution < -0.4 is 5.32 Å². The van der Waals surface area contributed by atoms with E-state index in [1.165, 1.54) is 0 Å². The first-order chi connectivity index (χ1) is 7.66. The minimum atomic E-state index is -0.291. The molecule has 1 aromatic rings. The molecule has 0 bridgehead atoms. The Bertz CT molecular complexity index is 349. The number of phenols is 1. The molecule has 1 aliphatic rings. The van der Waals surface area contributed by atoms with Gasteiger partial charge in [0.15, 0.2) is 0 Å². The van der Waals surface area contributed by atoms with E-state index in [1.54, 1.807) is 12.1 Å². The Balaban J connectivity index is 2.31. The van der Waals surface area contributed by atoms with Crippen LogP contribution in [0.3, 0.4) is 0 Å². The van der Waals surface area contributed by atoms with Gasteiger partial charge in [-0.2, -0.15) is 0 Å². The van der Waals surface area contributed by atoms with Gasteiger partial charge in [-0.15, -0.1) is 0 Å². The monoisotopic (exact) mass is 221 g/mol. The van der Waals surface area contributed by atoms with Crippen LogP contribution in [0.25, 0.3) is 0 Å². The van der Waals surface area contributed by atoms with Crippen molar-refractivity contribution in [3.8, 4) is 5.75 Å². The fourth-order valence-corrected chi connectivity index (χ4v) is 2.44. The van der Waals surface area contributed by atoms with Crippen molar-refractivity contribution in [1.82, 2.24) is 5.32 Å². The number of rotatable bonds is 2. The Kier molecular flexibility index (Phi) is 3.17. The van der Waals surface area contributed by atoms with Gasteiger partial charge >= 0.3 is 0 Å². The van der Waals surface area contributed by atoms with Gasteiger partial charge in [-0.25, -0.2) is 0 Å². The molecule has 0 amide bonds. The Morgan fingerprint density at radius 3 is 2.69 bits per heavy atom.